The summed E-state index contributed by atoms with van der Waals surface area (Å²) in [5, 5.41) is 0. The number of nitrogens with zero attached hydrogens (tertiary/aromatic N) is 2. The van der Waals surface area contributed by atoms with Crippen LogP contribution in [0.25, 0.3) is 0 Å². The average Bonchev–Trinajstić information content (AvgIpc) is 2.62. The van der Waals surface area contributed by atoms with Gasteiger partial charge < -0.3 is 14.2 Å². The first kappa shape index (κ1) is 11.8. The van der Waals surface area contributed by atoms with Crippen molar-refractivity contribution < 1.29 is 9.53 Å². The second-order valence-electron chi connectivity index (χ2n) is 3.61. The first-order valence-electron chi connectivity index (χ1n) is 5.12. The summed E-state index contributed by atoms with van der Waals surface area (Å²) in [6.07, 6.45) is 1.90. The molecule has 0 radical (unpaired) electrons. The van der Waals surface area contributed by atoms with E-state index in [1.807, 2.05) is 37.8 Å². The van der Waals surface area contributed by atoms with Gasteiger partial charge in [-0.2, -0.15) is 0 Å². The van der Waals surface area contributed by atoms with Crippen LogP contribution in [0.15, 0.2) is 18.3 Å². The first-order chi connectivity index (χ1) is 7.15. The van der Waals surface area contributed by atoms with Gasteiger partial charge in [-0.05, 0) is 33.2 Å². The van der Waals surface area contributed by atoms with E-state index in [0.717, 1.165) is 13.1 Å². The van der Waals surface area contributed by atoms with Gasteiger partial charge >= 0.3 is 5.97 Å². The molecule has 0 aromatic carbocycles. The number of ether oxygens (including phenoxy) is 1. The number of esters is 1. The van der Waals surface area contributed by atoms with Crippen LogP contribution < -0.4 is 0 Å². The van der Waals surface area contributed by atoms with Gasteiger partial charge in [-0.1, -0.05) is 0 Å². The highest BCUT2D eigenvalue weighted by atomic mass is 16.5. The zero-order valence-corrected chi connectivity index (χ0v) is 9.56. The SMILES string of the molecule is CCOC(=O)c1cccn1CCN(C)C. The summed E-state index contributed by atoms with van der Waals surface area (Å²) < 4.78 is 6.88. The topological polar surface area (TPSA) is 34.5 Å². The molecule has 1 heterocycles. The minimum absolute atomic E-state index is 0.249. The van der Waals surface area contributed by atoms with Crippen molar-refractivity contribution in [1.82, 2.24) is 9.47 Å². The fourth-order valence-corrected chi connectivity index (χ4v) is 1.31. The lowest BCUT2D eigenvalue weighted by molar-refractivity contribution is 0.0513. The predicted octanol–water partition coefficient (Wildman–Crippen LogP) is 1.23. The monoisotopic (exact) mass is 210 g/mol. The van der Waals surface area contributed by atoms with Crippen LogP contribution in [0.3, 0.4) is 0 Å². The number of likely N-dealkylation sites (N-methyl/N-ethyl adjacent to an activating group) is 1. The molecule has 0 N–H and O–H groups in total. The van der Waals surface area contributed by atoms with Crippen molar-refractivity contribution in [3.8, 4) is 0 Å². The Hall–Kier alpha value is -1.29. The lowest BCUT2D eigenvalue weighted by Gasteiger charge is -2.12. The van der Waals surface area contributed by atoms with Gasteiger partial charge in [0.25, 0.3) is 0 Å². The van der Waals surface area contributed by atoms with Gasteiger partial charge in [0.05, 0.1) is 6.61 Å². The van der Waals surface area contributed by atoms with Crippen molar-refractivity contribution in [1.29, 1.82) is 0 Å². The molecule has 0 spiro atoms. The summed E-state index contributed by atoms with van der Waals surface area (Å²) in [6.45, 7) is 3.93. The number of carbonyl (C=O) groups excluding carboxylic acids is 1. The smallest absolute Gasteiger partial charge is 0.354 e. The second-order valence-corrected chi connectivity index (χ2v) is 3.61. The van der Waals surface area contributed by atoms with Gasteiger partial charge in [-0.15, -0.1) is 0 Å². The maximum atomic E-state index is 11.5. The number of carbonyl (C=O) groups is 1. The summed E-state index contributed by atoms with van der Waals surface area (Å²) in [6, 6.07) is 3.65. The normalized spacial score (nSPS) is 10.7. The third kappa shape index (κ3) is 3.40. The molecule has 0 unspecified atom stereocenters. The van der Waals surface area contributed by atoms with Gasteiger partial charge in [0, 0.05) is 19.3 Å². The fraction of sp³-hybridized carbons (Fsp3) is 0.545. The molecule has 0 aliphatic heterocycles. The number of rotatable bonds is 5. The molecule has 0 aliphatic rings. The Balaban J connectivity index is 2.64. The van der Waals surface area contributed by atoms with Gasteiger partial charge in [-0.3, -0.25) is 0 Å². The molecular formula is C11H18N2O2. The zero-order chi connectivity index (χ0) is 11.3. The van der Waals surface area contributed by atoms with Crippen molar-refractivity contribution in [2.75, 3.05) is 27.2 Å². The molecule has 0 saturated heterocycles. The molecule has 84 valence electrons. The quantitative estimate of drug-likeness (QED) is 0.685. The Kier molecular flexibility index (Phi) is 4.37. The highest BCUT2D eigenvalue weighted by Gasteiger charge is 2.10. The van der Waals surface area contributed by atoms with E-state index in [9.17, 15) is 4.79 Å². The maximum Gasteiger partial charge on any atom is 0.354 e. The van der Waals surface area contributed by atoms with E-state index in [0.29, 0.717) is 12.3 Å². The number of aromatic nitrogens is 1. The molecule has 0 fully saturated rings. The van der Waals surface area contributed by atoms with Crippen molar-refractivity contribution in [2.45, 2.75) is 13.5 Å². The van der Waals surface area contributed by atoms with Gasteiger partial charge in [0.2, 0.25) is 0 Å². The van der Waals surface area contributed by atoms with Crippen molar-refractivity contribution in [2.24, 2.45) is 0 Å². The summed E-state index contributed by atoms with van der Waals surface area (Å²) in [5.74, 6) is -0.249. The molecule has 0 atom stereocenters. The van der Waals surface area contributed by atoms with Gasteiger partial charge in [0.1, 0.15) is 5.69 Å². The van der Waals surface area contributed by atoms with Crippen LogP contribution >= 0.6 is 0 Å². The molecule has 15 heavy (non-hydrogen) atoms. The van der Waals surface area contributed by atoms with Crippen LogP contribution in [-0.4, -0.2) is 42.7 Å². The molecular weight excluding hydrogens is 192 g/mol. The standard InChI is InChI=1S/C11H18N2O2/c1-4-15-11(14)10-6-5-7-13(10)9-8-12(2)3/h5-7H,4,8-9H2,1-3H3. The van der Waals surface area contributed by atoms with E-state index < -0.39 is 0 Å². The van der Waals surface area contributed by atoms with Gasteiger partial charge in [0.15, 0.2) is 0 Å². The van der Waals surface area contributed by atoms with Crippen LogP contribution in [0.5, 0.6) is 0 Å². The van der Waals surface area contributed by atoms with E-state index in [1.54, 1.807) is 6.07 Å². The van der Waals surface area contributed by atoms with E-state index in [1.165, 1.54) is 0 Å². The zero-order valence-electron chi connectivity index (χ0n) is 9.56. The Bertz CT molecular complexity index is 318. The van der Waals surface area contributed by atoms with Crippen molar-refractivity contribution in [3.05, 3.63) is 24.0 Å². The molecule has 4 heteroatoms. The Labute approximate surface area is 90.4 Å². The molecule has 0 bridgehead atoms. The molecule has 0 amide bonds. The van der Waals surface area contributed by atoms with Crippen LogP contribution in [0.2, 0.25) is 0 Å². The highest BCUT2D eigenvalue weighted by Crippen LogP contribution is 2.04. The van der Waals surface area contributed by atoms with Crippen molar-refractivity contribution >= 4 is 5.97 Å². The molecule has 0 saturated carbocycles. The van der Waals surface area contributed by atoms with Crippen LogP contribution in [0.4, 0.5) is 0 Å². The first-order valence-corrected chi connectivity index (χ1v) is 5.12. The highest BCUT2D eigenvalue weighted by molar-refractivity contribution is 5.87. The van der Waals surface area contributed by atoms with E-state index >= 15 is 0 Å². The minimum Gasteiger partial charge on any atom is -0.461 e. The Morgan fingerprint density at radius 3 is 2.87 bits per heavy atom. The third-order valence-corrected chi connectivity index (χ3v) is 2.10. The van der Waals surface area contributed by atoms with E-state index in [2.05, 4.69) is 4.90 Å². The Morgan fingerprint density at radius 1 is 1.53 bits per heavy atom. The molecule has 1 aromatic heterocycles. The fourth-order valence-electron chi connectivity index (χ4n) is 1.31. The molecule has 1 rings (SSSR count). The minimum atomic E-state index is -0.249. The third-order valence-electron chi connectivity index (χ3n) is 2.10. The van der Waals surface area contributed by atoms with Crippen LogP contribution in [0, 0.1) is 0 Å². The molecule has 1 aromatic rings. The lowest BCUT2D eigenvalue weighted by atomic mass is 10.4. The Morgan fingerprint density at radius 2 is 2.27 bits per heavy atom. The van der Waals surface area contributed by atoms with Crippen LogP contribution in [0.1, 0.15) is 17.4 Å². The number of hydrogen-bond acceptors (Lipinski definition) is 3. The molecule has 4 nitrogen and oxygen atoms in total. The average molecular weight is 210 g/mol. The predicted molar refractivity (Wildman–Crippen MR) is 58.9 cm³/mol. The molecule has 0 aliphatic carbocycles. The maximum absolute atomic E-state index is 11.5. The van der Waals surface area contributed by atoms with Crippen molar-refractivity contribution in [3.63, 3.8) is 0 Å². The second kappa shape index (κ2) is 5.56. The van der Waals surface area contributed by atoms with E-state index in [-0.39, 0.29) is 5.97 Å². The summed E-state index contributed by atoms with van der Waals surface area (Å²) in [5.41, 5.74) is 0.624. The summed E-state index contributed by atoms with van der Waals surface area (Å²) in [7, 11) is 4.01. The number of hydrogen-bond donors (Lipinski definition) is 0. The summed E-state index contributed by atoms with van der Waals surface area (Å²) >= 11 is 0. The van der Waals surface area contributed by atoms with Gasteiger partial charge in [-0.25, -0.2) is 4.79 Å². The largest absolute Gasteiger partial charge is 0.461 e. The van der Waals surface area contributed by atoms with E-state index in [4.69, 9.17) is 4.74 Å². The van der Waals surface area contributed by atoms with Crippen LogP contribution in [-0.2, 0) is 11.3 Å². The summed E-state index contributed by atoms with van der Waals surface area (Å²) in [4.78, 5) is 13.6. The lowest BCUT2D eigenvalue weighted by Crippen LogP contribution is -2.20.